The average molecular weight is 285 g/mol. The van der Waals surface area contributed by atoms with Crippen LogP contribution in [0.1, 0.15) is 37.8 Å². The minimum absolute atomic E-state index is 0.0667. The summed E-state index contributed by atoms with van der Waals surface area (Å²) in [7, 11) is 0. The van der Waals surface area contributed by atoms with Gasteiger partial charge in [0, 0.05) is 22.5 Å². The Labute approximate surface area is 117 Å². The fraction of sp³-hybridized carbons (Fsp3) is 0.500. The summed E-state index contributed by atoms with van der Waals surface area (Å²) in [5.41, 5.74) is 6.13. The Hall–Kier alpha value is -1.13. The second kappa shape index (κ2) is 5.88. The Kier molecular flexibility index (Phi) is 4.42. The lowest BCUT2D eigenvalue weighted by Crippen LogP contribution is -2.33. The van der Waals surface area contributed by atoms with Crippen LogP contribution in [0.25, 0.3) is 0 Å². The summed E-state index contributed by atoms with van der Waals surface area (Å²) in [4.78, 5) is 12.1. The summed E-state index contributed by atoms with van der Waals surface area (Å²) in [5.74, 6) is -0.536. The molecule has 1 aromatic rings. The van der Waals surface area contributed by atoms with Gasteiger partial charge in [0.05, 0.1) is 6.04 Å². The van der Waals surface area contributed by atoms with Gasteiger partial charge in [0.15, 0.2) is 0 Å². The molecule has 0 heterocycles. The Morgan fingerprint density at radius 2 is 2.26 bits per heavy atom. The van der Waals surface area contributed by atoms with E-state index >= 15 is 0 Å². The monoisotopic (exact) mass is 284 g/mol. The highest BCUT2D eigenvalue weighted by atomic mass is 35.5. The van der Waals surface area contributed by atoms with Gasteiger partial charge in [-0.05, 0) is 38.3 Å². The van der Waals surface area contributed by atoms with E-state index in [0.29, 0.717) is 17.0 Å². The molecule has 3 unspecified atom stereocenters. The van der Waals surface area contributed by atoms with Crippen molar-refractivity contribution in [3.63, 3.8) is 0 Å². The molecular weight excluding hydrogens is 267 g/mol. The topological polar surface area (TPSA) is 55.1 Å². The summed E-state index contributed by atoms with van der Waals surface area (Å²) >= 11 is 5.98. The summed E-state index contributed by atoms with van der Waals surface area (Å²) in [5, 5.41) is 3.15. The lowest BCUT2D eigenvalue weighted by molar-refractivity contribution is -0.125. The van der Waals surface area contributed by atoms with Gasteiger partial charge < -0.3 is 11.1 Å². The Morgan fingerprint density at radius 3 is 2.84 bits per heavy atom. The predicted octanol–water partition coefficient (Wildman–Crippen LogP) is 2.78. The van der Waals surface area contributed by atoms with Crippen LogP contribution in [0.3, 0.4) is 0 Å². The number of amides is 1. The van der Waals surface area contributed by atoms with E-state index < -0.39 is 11.9 Å². The van der Waals surface area contributed by atoms with Crippen molar-refractivity contribution in [3.8, 4) is 0 Å². The first-order chi connectivity index (χ1) is 8.99. The summed E-state index contributed by atoms with van der Waals surface area (Å²) < 4.78 is 13.7. The van der Waals surface area contributed by atoms with Crippen molar-refractivity contribution in [3.05, 3.63) is 34.6 Å². The van der Waals surface area contributed by atoms with Crippen molar-refractivity contribution in [1.29, 1.82) is 0 Å². The molecule has 104 valence electrons. The van der Waals surface area contributed by atoms with Crippen molar-refractivity contribution >= 4 is 17.5 Å². The van der Waals surface area contributed by atoms with Crippen LogP contribution in [0.5, 0.6) is 0 Å². The number of carbonyl (C=O) groups is 1. The molecule has 19 heavy (non-hydrogen) atoms. The van der Waals surface area contributed by atoms with Gasteiger partial charge in [-0.25, -0.2) is 4.39 Å². The van der Waals surface area contributed by atoms with Crippen LogP contribution in [-0.2, 0) is 4.79 Å². The molecule has 1 fully saturated rings. The fourth-order valence-electron chi connectivity index (χ4n) is 2.58. The maximum absolute atomic E-state index is 13.7. The normalized spacial score (nSPS) is 24.2. The number of hydrogen-bond donors (Lipinski definition) is 2. The highest BCUT2D eigenvalue weighted by molar-refractivity contribution is 6.31. The quantitative estimate of drug-likeness (QED) is 0.897. The predicted molar refractivity (Wildman–Crippen MR) is 73.3 cm³/mol. The first-order valence-electron chi connectivity index (χ1n) is 6.49. The molecule has 0 spiro atoms. The molecule has 3 atom stereocenters. The minimum Gasteiger partial charge on any atom is -0.349 e. The van der Waals surface area contributed by atoms with Gasteiger partial charge in [-0.1, -0.05) is 17.7 Å². The Morgan fingerprint density at radius 1 is 1.53 bits per heavy atom. The lowest BCUT2D eigenvalue weighted by Gasteiger charge is -2.19. The SMILES string of the molecule is CC(NC(=O)C1CCC(N)C1)c1c(F)cccc1Cl. The molecule has 1 saturated carbocycles. The molecule has 3 nitrogen and oxygen atoms in total. The van der Waals surface area contributed by atoms with Gasteiger partial charge >= 0.3 is 0 Å². The molecule has 2 rings (SSSR count). The third-order valence-electron chi connectivity index (χ3n) is 3.64. The number of carbonyl (C=O) groups excluding carboxylic acids is 1. The number of benzene rings is 1. The van der Waals surface area contributed by atoms with Gasteiger partial charge in [0.2, 0.25) is 5.91 Å². The molecule has 1 amide bonds. The van der Waals surface area contributed by atoms with E-state index in [4.69, 9.17) is 17.3 Å². The zero-order valence-corrected chi connectivity index (χ0v) is 11.6. The molecule has 0 radical (unpaired) electrons. The number of nitrogens with one attached hydrogen (secondary N) is 1. The van der Waals surface area contributed by atoms with Crippen LogP contribution < -0.4 is 11.1 Å². The standard InChI is InChI=1S/C14H18ClFN2O/c1-8(13-11(15)3-2-4-12(13)16)18-14(19)9-5-6-10(17)7-9/h2-4,8-10H,5-7,17H2,1H3,(H,18,19). The van der Waals surface area contributed by atoms with Gasteiger partial charge in [0.1, 0.15) is 5.82 Å². The van der Waals surface area contributed by atoms with Gasteiger partial charge in [-0.2, -0.15) is 0 Å². The van der Waals surface area contributed by atoms with Crippen LogP contribution >= 0.6 is 11.6 Å². The number of halogens is 2. The molecule has 0 bridgehead atoms. The molecule has 5 heteroatoms. The number of nitrogens with two attached hydrogens (primary N) is 1. The summed E-state index contributed by atoms with van der Waals surface area (Å²) in [6, 6.07) is 4.16. The second-order valence-corrected chi connectivity index (χ2v) is 5.54. The first kappa shape index (κ1) is 14.3. The van der Waals surface area contributed by atoms with Crippen LogP contribution in [0.15, 0.2) is 18.2 Å². The molecule has 0 saturated heterocycles. The van der Waals surface area contributed by atoms with Crippen molar-refractivity contribution in [1.82, 2.24) is 5.32 Å². The fourth-order valence-corrected chi connectivity index (χ4v) is 2.91. The highest BCUT2D eigenvalue weighted by Gasteiger charge is 2.29. The molecular formula is C14H18ClFN2O. The van der Waals surface area contributed by atoms with Crippen LogP contribution in [0.4, 0.5) is 4.39 Å². The molecule has 3 N–H and O–H groups in total. The third kappa shape index (κ3) is 3.25. The Bertz CT molecular complexity index is 460. The van der Waals surface area contributed by atoms with E-state index in [2.05, 4.69) is 5.32 Å². The van der Waals surface area contributed by atoms with Gasteiger partial charge in [-0.3, -0.25) is 4.79 Å². The molecule has 1 aromatic carbocycles. The first-order valence-corrected chi connectivity index (χ1v) is 6.86. The van der Waals surface area contributed by atoms with E-state index in [1.54, 1.807) is 19.1 Å². The molecule has 0 aromatic heterocycles. The van der Waals surface area contributed by atoms with E-state index in [1.165, 1.54) is 6.07 Å². The van der Waals surface area contributed by atoms with Crippen molar-refractivity contribution in [2.24, 2.45) is 11.7 Å². The van der Waals surface area contributed by atoms with E-state index in [0.717, 1.165) is 12.8 Å². The second-order valence-electron chi connectivity index (χ2n) is 5.14. The zero-order valence-electron chi connectivity index (χ0n) is 10.8. The number of rotatable bonds is 3. The van der Waals surface area contributed by atoms with Gasteiger partial charge in [-0.15, -0.1) is 0 Å². The zero-order chi connectivity index (χ0) is 14.0. The van der Waals surface area contributed by atoms with E-state index in [9.17, 15) is 9.18 Å². The average Bonchev–Trinajstić information content (AvgIpc) is 2.75. The maximum atomic E-state index is 13.7. The number of hydrogen-bond acceptors (Lipinski definition) is 2. The van der Waals surface area contributed by atoms with Crippen molar-refractivity contribution in [2.75, 3.05) is 0 Å². The summed E-state index contributed by atoms with van der Waals surface area (Å²) in [6.07, 6.45) is 2.36. The smallest absolute Gasteiger partial charge is 0.223 e. The van der Waals surface area contributed by atoms with Gasteiger partial charge in [0.25, 0.3) is 0 Å². The van der Waals surface area contributed by atoms with E-state index in [1.807, 2.05) is 0 Å². The minimum atomic E-state index is -0.446. The van der Waals surface area contributed by atoms with Crippen molar-refractivity contribution < 1.29 is 9.18 Å². The molecule has 0 aliphatic heterocycles. The van der Waals surface area contributed by atoms with E-state index in [-0.39, 0.29) is 17.9 Å². The van der Waals surface area contributed by atoms with Crippen molar-refractivity contribution in [2.45, 2.75) is 38.3 Å². The largest absolute Gasteiger partial charge is 0.349 e. The highest BCUT2D eigenvalue weighted by Crippen LogP contribution is 2.28. The van der Waals surface area contributed by atoms with Crippen LogP contribution in [0, 0.1) is 11.7 Å². The molecule has 1 aliphatic carbocycles. The van der Waals surface area contributed by atoms with Crippen LogP contribution in [0.2, 0.25) is 5.02 Å². The maximum Gasteiger partial charge on any atom is 0.223 e. The Balaban J connectivity index is 2.05. The third-order valence-corrected chi connectivity index (χ3v) is 3.97. The van der Waals surface area contributed by atoms with Crippen LogP contribution in [-0.4, -0.2) is 11.9 Å². The summed E-state index contributed by atoms with van der Waals surface area (Å²) in [6.45, 7) is 1.73. The lowest BCUT2D eigenvalue weighted by atomic mass is 10.0. The molecule has 1 aliphatic rings.